The third-order valence-corrected chi connectivity index (χ3v) is 7.93. The summed E-state index contributed by atoms with van der Waals surface area (Å²) in [5.41, 5.74) is 8.17. The van der Waals surface area contributed by atoms with E-state index in [9.17, 15) is 14.7 Å². The van der Waals surface area contributed by atoms with Crippen LogP contribution in [-0.2, 0) is 4.79 Å². The van der Waals surface area contributed by atoms with Crippen molar-refractivity contribution in [3.8, 4) is 0 Å². The fourth-order valence-corrected chi connectivity index (χ4v) is 6.15. The summed E-state index contributed by atoms with van der Waals surface area (Å²) in [7, 11) is 0. The molecule has 3 fully saturated rings. The van der Waals surface area contributed by atoms with E-state index in [1.165, 1.54) is 5.56 Å². The van der Waals surface area contributed by atoms with Gasteiger partial charge in [-0.1, -0.05) is 30.3 Å². The molecule has 7 nitrogen and oxygen atoms in total. The molecule has 7 heteroatoms. The minimum absolute atomic E-state index is 0.0522. The zero-order valence-corrected chi connectivity index (χ0v) is 19.7. The van der Waals surface area contributed by atoms with E-state index in [2.05, 4.69) is 27.2 Å². The molecule has 0 spiro atoms. The number of fused-ring (bicyclic) bond motifs is 1. The van der Waals surface area contributed by atoms with Crippen molar-refractivity contribution >= 4 is 11.7 Å². The third kappa shape index (κ3) is 4.65. The maximum Gasteiger partial charge on any atom is 0.223 e. The summed E-state index contributed by atoms with van der Waals surface area (Å²) in [6, 6.07) is 13.4. The van der Waals surface area contributed by atoms with E-state index in [0.717, 1.165) is 31.4 Å². The smallest absolute Gasteiger partial charge is 0.223 e. The van der Waals surface area contributed by atoms with Crippen molar-refractivity contribution in [1.82, 2.24) is 21.2 Å². The van der Waals surface area contributed by atoms with Crippen LogP contribution in [0.4, 0.5) is 0 Å². The Balaban J connectivity index is 1.22. The van der Waals surface area contributed by atoms with Crippen molar-refractivity contribution < 1.29 is 14.7 Å². The lowest BCUT2D eigenvalue weighted by molar-refractivity contribution is -0.128. The Morgan fingerprint density at radius 2 is 1.94 bits per heavy atom. The summed E-state index contributed by atoms with van der Waals surface area (Å²) in [5, 5.41) is 14.4. The van der Waals surface area contributed by atoms with E-state index in [-0.39, 0.29) is 36.1 Å². The van der Waals surface area contributed by atoms with Crippen molar-refractivity contribution in [3.05, 3.63) is 65.5 Å². The molecule has 6 atom stereocenters. The lowest BCUT2D eigenvalue weighted by atomic mass is 9.73. The lowest BCUT2D eigenvalue weighted by Crippen LogP contribution is -2.51. The number of nitrogens with one attached hydrogen (secondary N) is 3. The number of pyridine rings is 1. The van der Waals surface area contributed by atoms with E-state index < -0.39 is 5.60 Å². The number of aliphatic hydroxyl groups is 1. The normalized spacial score (nSPS) is 33.2. The zero-order valence-electron chi connectivity index (χ0n) is 19.7. The number of benzene rings is 1. The van der Waals surface area contributed by atoms with E-state index >= 15 is 0 Å². The van der Waals surface area contributed by atoms with Crippen molar-refractivity contribution in [1.29, 1.82) is 0 Å². The van der Waals surface area contributed by atoms with Crippen LogP contribution in [0.15, 0.2) is 48.7 Å². The van der Waals surface area contributed by atoms with E-state index in [1.54, 1.807) is 12.1 Å². The molecule has 1 aromatic heterocycles. The molecule has 3 aliphatic rings. The van der Waals surface area contributed by atoms with Crippen LogP contribution in [0.25, 0.3) is 0 Å². The topological polar surface area (TPSA) is 103 Å². The van der Waals surface area contributed by atoms with Gasteiger partial charge in [-0.2, -0.15) is 0 Å². The second kappa shape index (κ2) is 9.56. The molecule has 2 saturated carbocycles. The van der Waals surface area contributed by atoms with Crippen LogP contribution < -0.4 is 16.2 Å². The van der Waals surface area contributed by atoms with Crippen molar-refractivity contribution in [2.45, 2.75) is 75.6 Å². The Bertz CT molecular complexity index is 1050. The quantitative estimate of drug-likeness (QED) is 0.510. The van der Waals surface area contributed by atoms with Crippen molar-refractivity contribution in [2.75, 3.05) is 0 Å². The summed E-state index contributed by atoms with van der Waals surface area (Å²) >= 11 is 0. The Morgan fingerprint density at radius 3 is 2.74 bits per heavy atom. The highest BCUT2D eigenvalue weighted by molar-refractivity contribution is 6.02. The van der Waals surface area contributed by atoms with Gasteiger partial charge in [-0.25, -0.2) is 5.43 Å². The Morgan fingerprint density at radius 1 is 1.12 bits per heavy atom. The number of aryl methyl sites for hydroxylation is 1. The van der Waals surface area contributed by atoms with Gasteiger partial charge in [0, 0.05) is 41.9 Å². The summed E-state index contributed by atoms with van der Waals surface area (Å²) in [6.45, 7) is 1.99. The van der Waals surface area contributed by atoms with Gasteiger partial charge in [-0.05, 0) is 69.1 Å². The SMILES string of the molecule is Cc1cc(C2NNC3CCC(C(=O)NC4CCCC(O)(C(=O)c5ccccc5)C4)CC32)ccn1. The van der Waals surface area contributed by atoms with Gasteiger partial charge in [0.25, 0.3) is 0 Å². The van der Waals surface area contributed by atoms with Gasteiger partial charge < -0.3 is 10.4 Å². The van der Waals surface area contributed by atoms with Crippen LogP contribution in [0, 0.1) is 18.8 Å². The number of amides is 1. The van der Waals surface area contributed by atoms with Gasteiger partial charge in [0.2, 0.25) is 5.91 Å². The van der Waals surface area contributed by atoms with E-state index in [0.29, 0.717) is 30.4 Å². The maximum absolute atomic E-state index is 13.3. The second-order valence-corrected chi connectivity index (χ2v) is 10.3. The second-order valence-electron chi connectivity index (χ2n) is 10.3. The van der Waals surface area contributed by atoms with E-state index in [1.807, 2.05) is 37.4 Å². The van der Waals surface area contributed by atoms with Crippen LogP contribution in [0.2, 0.25) is 0 Å². The molecule has 1 aliphatic heterocycles. The summed E-state index contributed by atoms with van der Waals surface area (Å²) in [6.07, 6.45) is 6.64. The monoisotopic (exact) mass is 462 g/mol. The standard InChI is InChI=1S/C27H34N4O3/c1-17-14-19(11-13-28-17)24-22-15-20(9-10-23(22)30-31-24)26(33)29-21-8-5-12-27(34,16-21)25(32)18-6-3-2-4-7-18/h2-4,6-7,11,13-14,20-24,30-31,34H,5,8-10,12,15-16H2,1H3,(H,29,33). The molecule has 1 saturated heterocycles. The molecule has 5 rings (SSSR count). The van der Waals surface area contributed by atoms with E-state index in [4.69, 9.17) is 0 Å². The average molecular weight is 463 g/mol. The number of ketones is 1. The van der Waals surface area contributed by atoms with Gasteiger partial charge in [0.15, 0.2) is 5.78 Å². The predicted molar refractivity (Wildman–Crippen MR) is 129 cm³/mol. The largest absolute Gasteiger partial charge is 0.382 e. The predicted octanol–water partition coefficient (Wildman–Crippen LogP) is 3.00. The minimum Gasteiger partial charge on any atom is -0.382 e. The van der Waals surface area contributed by atoms with Gasteiger partial charge >= 0.3 is 0 Å². The van der Waals surface area contributed by atoms with Crippen molar-refractivity contribution in [2.24, 2.45) is 11.8 Å². The molecular formula is C27H34N4O3. The molecule has 4 N–H and O–H groups in total. The number of aromatic nitrogens is 1. The third-order valence-electron chi connectivity index (χ3n) is 7.93. The molecule has 2 aromatic rings. The molecule has 6 unspecified atom stereocenters. The van der Waals surface area contributed by atoms with Gasteiger partial charge in [-0.3, -0.25) is 20.0 Å². The highest BCUT2D eigenvalue weighted by Gasteiger charge is 2.45. The Labute approximate surface area is 200 Å². The molecule has 2 aliphatic carbocycles. The van der Waals surface area contributed by atoms with Crippen molar-refractivity contribution in [3.63, 3.8) is 0 Å². The minimum atomic E-state index is -1.42. The first-order valence-corrected chi connectivity index (χ1v) is 12.5. The van der Waals surface area contributed by atoms with Crippen LogP contribution in [-0.4, -0.2) is 39.5 Å². The molecule has 1 aromatic carbocycles. The molecule has 0 bridgehead atoms. The number of Topliss-reactive ketones (excluding diaryl/α,β-unsaturated/α-hetero) is 1. The van der Waals surface area contributed by atoms with Crippen LogP contribution in [0.1, 0.15) is 72.6 Å². The number of hydrogen-bond donors (Lipinski definition) is 4. The Kier molecular flexibility index (Phi) is 6.51. The van der Waals surface area contributed by atoms with Gasteiger partial charge in [0.1, 0.15) is 5.60 Å². The fourth-order valence-electron chi connectivity index (χ4n) is 6.15. The maximum atomic E-state index is 13.3. The first kappa shape index (κ1) is 23.1. The first-order chi connectivity index (χ1) is 16.4. The highest BCUT2D eigenvalue weighted by atomic mass is 16.3. The number of hydrogen-bond acceptors (Lipinski definition) is 6. The average Bonchev–Trinajstić information content (AvgIpc) is 3.27. The molecule has 34 heavy (non-hydrogen) atoms. The molecule has 2 heterocycles. The van der Waals surface area contributed by atoms with Crippen LogP contribution in [0.5, 0.6) is 0 Å². The molecule has 180 valence electrons. The summed E-state index contributed by atoms with van der Waals surface area (Å²) in [5.74, 6) is 0.0741. The zero-order chi connectivity index (χ0) is 23.7. The van der Waals surface area contributed by atoms with Crippen LogP contribution >= 0.6 is 0 Å². The summed E-state index contributed by atoms with van der Waals surface area (Å²) < 4.78 is 0. The lowest BCUT2D eigenvalue weighted by Gasteiger charge is -2.38. The molecular weight excluding hydrogens is 428 g/mol. The fraction of sp³-hybridized carbons (Fsp3) is 0.519. The number of nitrogens with zero attached hydrogens (tertiary/aromatic N) is 1. The van der Waals surface area contributed by atoms with Gasteiger partial charge in [-0.15, -0.1) is 0 Å². The van der Waals surface area contributed by atoms with Gasteiger partial charge in [0.05, 0.1) is 6.04 Å². The number of rotatable bonds is 5. The summed E-state index contributed by atoms with van der Waals surface area (Å²) in [4.78, 5) is 30.6. The highest BCUT2D eigenvalue weighted by Crippen LogP contribution is 2.41. The number of carbonyl (C=O) groups excluding carboxylic acids is 2. The Hall–Kier alpha value is -2.61. The molecule has 1 amide bonds. The number of carbonyl (C=O) groups is 2. The number of hydrazine groups is 1. The first-order valence-electron chi connectivity index (χ1n) is 12.5. The van der Waals surface area contributed by atoms with Crippen LogP contribution in [0.3, 0.4) is 0 Å². The molecule has 0 radical (unpaired) electrons.